The lowest BCUT2D eigenvalue weighted by Gasteiger charge is -2.27. The highest BCUT2D eigenvalue weighted by Crippen LogP contribution is 2.05. The van der Waals surface area contributed by atoms with Crippen molar-refractivity contribution in [2.75, 3.05) is 38.6 Å². The zero-order valence-electron chi connectivity index (χ0n) is 10.8. The topological polar surface area (TPSA) is 67.9 Å². The van der Waals surface area contributed by atoms with Crippen LogP contribution in [-0.2, 0) is 15.5 Å². The van der Waals surface area contributed by atoms with E-state index in [2.05, 4.69) is 4.99 Å². The average Bonchev–Trinajstić information content (AvgIpc) is 2.49. The Kier molecular flexibility index (Phi) is 5.35. The maximum Gasteiger partial charge on any atom is 0.191 e. The zero-order chi connectivity index (χ0) is 13.5. The molecule has 1 aromatic rings. The monoisotopic (exact) mass is 281 g/mol. The molecule has 1 saturated heterocycles. The second kappa shape index (κ2) is 7.25. The standard InChI is InChI=1S/C13H19N3O2S/c14-13(16-7-9-18-10-8-16)15-6-11-19(17)12-4-2-1-3-5-12/h1-5H,6-11H2,(H2,14,15). The van der Waals surface area contributed by atoms with Gasteiger partial charge in [-0.1, -0.05) is 18.2 Å². The third-order valence-electron chi connectivity index (χ3n) is 2.89. The number of guanidine groups is 1. The molecular weight excluding hydrogens is 262 g/mol. The molecule has 0 saturated carbocycles. The van der Waals surface area contributed by atoms with Crippen LogP contribution in [0.2, 0.25) is 0 Å². The molecule has 0 radical (unpaired) electrons. The van der Waals surface area contributed by atoms with E-state index in [1.54, 1.807) is 0 Å². The summed E-state index contributed by atoms with van der Waals surface area (Å²) in [5.74, 6) is 1.02. The molecule has 1 aliphatic heterocycles. The molecule has 1 fully saturated rings. The summed E-state index contributed by atoms with van der Waals surface area (Å²) < 4.78 is 17.2. The number of rotatable bonds is 4. The van der Waals surface area contributed by atoms with Crippen LogP contribution in [0.15, 0.2) is 40.2 Å². The Morgan fingerprint density at radius 1 is 1.32 bits per heavy atom. The van der Waals surface area contributed by atoms with E-state index in [0.29, 0.717) is 31.5 Å². The average molecular weight is 281 g/mol. The third kappa shape index (κ3) is 4.33. The van der Waals surface area contributed by atoms with Gasteiger partial charge in [-0.3, -0.25) is 9.20 Å². The quantitative estimate of drug-likeness (QED) is 0.642. The second-order valence-corrected chi connectivity index (χ2v) is 5.77. The van der Waals surface area contributed by atoms with Gasteiger partial charge in [-0.05, 0) is 12.1 Å². The lowest BCUT2D eigenvalue weighted by molar-refractivity contribution is 0.0674. The van der Waals surface area contributed by atoms with E-state index in [4.69, 9.17) is 10.5 Å². The van der Waals surface area contributed by atoms with Crippen LogP contribution in [0.4, 0.5) is 0 Å². The molecular formula is C13H19N3O2S. The number of hydrogen-bond donors (Lipinski definition) is 1. The minimum absolute atomic E-state index is 0.477. The Morgan fingerprint density at radius 2 is 2.00 bits per heavy atom. The number of morpholine rings is 1. The smallest absolute Gasteiger partial charge is 0.191 e. The van der Waals surface area contributed by atoms with Crippen molar-refractivity contribution in [3.8, 4) is 0 Å². The zero-order valence-corrected chi connectivity index (χ0v) is 11.6. The summed E-state index contributed by atoms with van der Waals surface area (Å²) in [6.07, 6.45) is 0. The Labute approximate surface area is 115 Å². The molecule has 104 valence electrons. The summed E-state index contributed by atoms with van der Waals surface area (Å²) in [5.41, 5.74) is 5.89. The van der Waals surface area contributed by atoms with Crippen molar-refractivity contribution in [2.24, 2.45) is 10.7 Å². The van der Waals surface area contributed by atoms with Gasteiger partial charge in [-0.2, -0.15) is 0 Å². The fraction of sp³-hybridized carbons (Fsp3) is 0.462. The number of nitrogens with two attached hydrogens (primary N) is 1. The van der Waals surface area contributed by atoms with E-state index in [-0.39, 0.29) is 0 Å². The lowest BCUT2D eigenvalue weighted by Crippen LogP contribution is -2.45. The van der Waals surface area contributed by atoms with Gasteiger partial charge in [0.2, 0.25) is 0 Å². The molecule has 0 aliphatic carbocycles. The Bertz CT molecular complexity index is 444. The van der Waals surface area contributed by atoms with Crippen LogP contribution in [-0.4, -0.2) is 53.7 Å². The molecule has 1 aromatic carbocycles. The highest BCUT2D eigenvalue weighted by Gasteiger charge is 2.12. The Balaban J connectivity index is 1.80. The van der Waals surface area contributed by atoms with E-state index in [1.807, 2.05) is 35.2 Å². The molecule has 0 aromatic heterocycles. The summed E-state index contributed by atoms with van der Waals surface area (Å²) in [7, 11) is -1.01. The molecule has 2 rings (SSSR count). The molecule has 5 nitrogen and oxygen atoms in total. The normalized spacial score (nSPS) is 18.3. The van der Waals surface area contributed by atoms with E-state index < -0.39 is 10.8 Å². The largest absolute Gasteiger partial charge is 0.378 e. The van der Waals surface area contributed by atoms with Crippen molar-refractivity contribution in [3.63, 3.8) is 0 Å². The van der Waals surface area contributed by atoms with Gasteiger partial charge >= 0.3 is 0 Å². The van der Waals surface area contributed by atoms with Crippen molar-refractivity contribution >= 4 is 16.8 Å². The van der Waals surface area contributed by atoms with Crippen molar-refractivity contribution in [1.29, 1.82) is 0 Å². The first-order chi connectivity index (χ1) is 9.27. The molecule has 0 spiro atoms. The number of ether oxygens (including phenoxy) is 1. The fourth-order valence-corrected chi connectivity index (χ4v) is 2.78. The van der Waals surface area contributed by atoms with Crippen LogP contribution in [0.1, 0.15) is 0 Å². The molecule has 0 amide bonds. The highest BCUT2D eigenvalue weighted by atomic mass is 32.2. The van der Waals surface area contributed by atoms with Crippen LogP contribution >= 0.6 is 0 Å². The predicted octanol–water partition coefficient (Wildman–Crippen LogP) is 0.441. The minimum Gasteiger partial charge on any atom is -0.378 e. The van der Waals surface area contributed by atoms with Gasteiger partial charge in [-0.25, -0.2) is 0 Å². The molecule has 0 bridgehead atoms. The summed E-state index contributed by atoms with van der Waals surface area (Å²) in [6.45, 7) is 3.40. The van der Waals surface area contributed by atoms with E-state index in [1.165, 1.54) is 0 Å². The van der Waals surface area contributed by atoms with E-state index in [0.717, 1.165) is 18.0 Å². The minimum atomic E-state index is -1.01. The van der Waals surface area contributed by atoms with Crippen LogP contribution in [0.25, 0.3) is 0 Å². The summed E-state index contributed by atoms with van der Waals surface area (Å²) in [6, 6.07) is 9.42. The van der Waals surface area contributed by atoms with Gasteiger partial charge in [-0.15, -0.1) is 0 Å². The molecule has 1 aliphatic rings. The number of benzene rings is 1. The van der Waals surface area contributed by atoms with Crippen LogP contribution in [0, 0.1) is 0 Å². The van der Waals surface area contributed by atoms with Crippen molar-refractivity contribution in [3.05, 3.63) is 30.3 Å². The summed E-state index contributed by atoms with van der Waals surface area (Å²) in [5, 5.41) is 0. The van der Waals surface area contributed by atoms with Crippen LogP contribution in [0.5, 0.6) is 0 Å². The molecule has 1 unspecified atom stereocenters. The summed E-state index contributed by atoms with van der Waals surface area (Å²) >= 11 is 0. The number of nitrogens with zero attached hydrogens (tertiary/aromatic N) is 2. The number of hydrogen-bond acceptors (Lipinski definition) is 3. The molecule has 19 heavy (non-hydrogen) atoms. The van der Waals surface area contributed by atoms with E-state index >= 15 is 0 Å². The van der Waals surface area contributed by atoms with Gasteiger partial charge < -0.3 is 15.4 Å². The van der Waals surface area contributed by atoms with Crippen molar-refractivity contribution in [2.45, 2.75) is 4.90 Å². The third-order valence-corrected chi connectivity index (χ3v) is 4.24. The Hall–Kier alpha value is -1.40. The highest BCUT2D eigenvalue weighted by molar-refractivity contribution is 7.85. The molecule has 1 atom stereocenters. The molecule has 6 heteroatoms. The molecule has 1 heterocycles. The van der Waals surface area contributed by atoms with Crippen molar-refractivity contribution in [1.82, 2.24) is 4.90 Å². The fourth-order valence-electron chi connectivity index (χ4n) is 1.83. The molecule has 2 N–H and O–H groups in total. The maximum atomic E-state index is 12.0. The number of aliphatic imine (C=N–C) groups is 1. The SMILES string of the molecule is NC(=NCCS(=O)c1ccccc1)N1CCOCC1. The first kappa shape index (κ1) is 14.0. The first-order valence-corrected chi connectivity index (χ1v) is 7.65. The van der Waals surface area contributed by atoms with Crippen molar-refractivity contribution < 1.29 is 8.95 Å². The first-order valence-electron chi connectivity index (χ1n) is 6.33. The van der Waals surface area contributed by atoms with Crippen LogP contribution in [0.3, 0.4) is 0 Å². The summed E-state index contributed by atoms with van der Waals surface area (Å²) in [4.78, 5) is 7.12. The van der Waals surface area contributed by atoms with Gasteiger partial charge in [0.15, 0.2) is 5.96 Å². The van der Waals surface area contributed by atoms with Gasteiger partial charge in [0.25, 0.3) is 0 Å². The van der Waals surface area contributed by atoms with Gasteiger partial charge in [0.05, 0.1) is 30.6 Å². The van der Waals surface area contributed by atoms with E-state index in [9.17, 15) is 4.21 Å². The van der Waals surface area contributed by atoms with Crippen LogP contribution < -0.4 is 5.73 Å². The Morgan fingerprint density at radius 3 is 2.68 bits per heavy atom. The predicted molar refractivity (Wildman–Crippen MR) is 76.6 cm³/mol. The lowest BCUT2D eigenvalue weighted by atomic mass is 10.4. The maximum absolute atomic E-state index is 12.0. The second-order valence-electron chi connectivity index (χ2n) is 4.20. The van der Waals surface area contributed by atoms with Gasteiger partial charge in [0, 0.05) is 23.7 Å². The van der Waals surface area contributed by atoms with Gasteiger partial charge in [0.1, 0.15) is 0 Å².